The van der Waals surface area contributed by atoms with Crippen molar-refractivity contribution in [3.8, 4) is 0 Å². The summed E-state index contributed by atoms with van der Waals surface area (Å²) in [5.74, 6) is -0.211. The van der Waals surface area contributed by atoms with Crippen molar-refractivity contribution in [2.24, 2.45) is 5.73 Å². The van der Waals surface area contributed by atoms with Crippen molar-refractivity contribution < 1.29 is 9.18 Å². The van der Waals surface area contributed by atoms with Crippen LogP contribution in [0.15, 0.2) is 18.2 Å². The Morgan fingerprint density at radius 3 is 2.86 bits per heavy atom. The highest BCUT2D eigenvalue weighted by atomic mass is 19.1. The number of benzene rings is 1. The van der Waals surface area contributed by atoms with E-state index >= 15 is 0 Å². The zero-order valence-corrected chi connectivity index (χ0v) is 8.01. The van der Waals surface area contributed by atoms with Gasteiger partial charge in [0.25, 0.3) is 0 Å². The van der Waals surface area contributed by atoms with Crippen molar-refractivity contribution in [1.82, 2.24) is 5.32 Å². The van der Waals surface area contributed by atoms with Crippen molar-refractivity contribution in [2.75, 3.05) is 6.54 Å². The third-order valence-electron chi connectivity index (χ3n) is 1.94. The Morgan fingerprint density at radius 1 is 1.57 bits per heavy atom. The smallest absolute Gasteiger partial charge is 0.312 e. The molecule has 0 radical (unpaired) electrons. The van der Waals surface area contributed by atoms with Gasteiger partial charge in [-0.2, -0.15) is 0 Å². The minimum atomic E-state index is -0.538. The zero-order chi connectivity index (χ0) is 10.6. The van der Waals surface area contributed by atoms with Gasteiger partial charge in [0.2, 0.25) is 0 Å². The standard InChI is InChI=1S/C10H13FN2O/c1-7-6-8(2-3-9(7)11)4-5-13-10(12)14/h2-3,6H,4-5H2,1H3,(H3,12,13,14). The maximum Gasteiger partial charge on any atom is 0.312 e. The maximum absolute atomic E-state index is 12.9. The van der Waals surface area contributed by atoms with E-state index in [4.69, 9.17) is 5.73 Å². The summed E-state index contributed by atoms with van der Waals surface area (Å²) in [5.41, 5.74) is 6.50. The Kier molecular flexibility index (Phi) is 3.45. The van der Waals surface area contributed by atoms with Crippen molar-refractivity contribution in [3.63, 3.8) is 0 Å². The molecule has 1 aromatic carbocycles. The highest BCUT2D eigenvalue weighted by molar-refractivity contribution is 5.71. The number of amides is 2. The molecule has 0 bridgehead atoms. The van der Waals surface area contributed by atoms with Gasteiger partial charge in [0, 0.05) is 6.54 Å². The van der Waals surface area contributed by atoms with E-state index in [1.165, 1.54) is 6.07 Å². The lowest BCUT2D eigenvalue weighted by atomic mass is 10.1. The van der Waals surface area contributed by atoms with Crippen LogP contribution in [-0.4, -0.2) is 12.6 Å². The number of hydrogen-bond acceptors (Lipinski definition) is 1. The first-order valence-corrected chi connectivity index (χ1v) is 4.38. The second-order valence-electron chi connectivity index (χ2n) is 3.12. The number of primary amides is 1. The molecule has 0 spiro atoms. The van der Waals surface area contributed by atoms with Gasteiger partial charge in [0.1, 0.15) is 5.82 Å². The minimum Gasteiger partial charge on any atom is -0.352 e. The molecule has 14 heavy (non-hydrogen) atoms. The molecule has 0 saturated heterocycles. The zero-order valence-electron chi connectivity index (χ0n) is 8.01. The van der Waals surface area contributed by atoms with Crippen LogP contribution in [0.5, 0.6) is 0 Å². The van der Waals surface area contributed by atoms with E-state index in [0.717, 1.165) is 5.56 Å². The number of carbonyl (C=O) groups is 1. The summed E-state index contributed by atoms with van der Waals surface area (Å²) < 4.78 is 12.9. The molecule has 3 N–H and O–H groups in total. The third-order valence-corrected chi connectivity index (χ3v) is 1.94. The molecular formula is C10H13FN2O. The fraction of sp³-hybridized carbons (Fsp3) is 0.300. The fourth-order valence-corrected chi connectivity index (χ4v) is 1.19. The second-order valence-corrected chi connectivity index (χ2v) is 3.12. The Morgan fingerprint density at radius 2 is 2.29 bits per heavy atom. The molecule has 0 heterocycles. The number of aryl methyl sites for hydroxylation is 1. The molecule has 0 aliphatic carbocycles. The number of nitrogens with two attached hydrogens (primary N) is 1. The fourth-order valence-electron chi connectivity index (χ4n) is 1.19. The van der Waals surface area contributed by atoms with Crippen LogP contribution < -0.4 is 11.1 Å². The second kappa shape index (κ2) is 4.60. The molecule has 1 rings (SSSR count). The normalized spacial score (nSPS) is 9.86. The first-order chi connectivity index (χ1) is 6.59. The van der Waals surface area contributed by atoms with Gasteiger partial charge in [-0.25, -0.2) is 9.18 Å². The van der Waals surface area contributed by atoms with E-state index < -0.39 is 6.03 Å². The summed E-state index contributed by atoms with van der Waals surface area (Å²) in [4.78, 5) is 10.4. The summed E-state index contributed by atoms with van der Waals surface area (Å²) in [6.45, 7) is 2.18. The Hall–Kier alpha value is -1.58. The van der Waals surface area contributed by atoms with Gasteiger partial charge in [0.05, 0.1) is 0 Å². The minimum absolute atomic E-state index is 0.211. The SMILES string of the molecule is Cc1cc(CCNC(N)=O)ccc1F. The molecule has 76 valence electrons. The van der Waals surface area contributed by atoms with E-state index in [1.807, 2.05) is 0 Å². The number of nitrogens with one attached hydrogen (secondary N) is 1. The van der Waals surface area contributed by atoms with Crippen LogP contribution in [0.1, 0.15) is 11.1 Å². The van der Waals surface area contributed by atoms with Gasteiger partial charge in [-0.1, -0.05) is 12.1 Å². The molecule has 0 aliphatic rings. The number of rotatable bonds is 3. The molecule has 0 unspecified atom stereocenters. The van der Waals surface area contributed by atoms with Gasteiger partial charge in [-0.05, 0) is 30.5 Å². The Bertz CT molecular complexity index is 339. The van der Waals surface area contributed by atoms with E-state index in [9.17, 15) is 9.18 Å². The molecule has 4 heteroatoms. The summed E-state index contributed by atoms with van der Waals surface area (Å²) in [7, 11) is 0. The van der Waals surface area contributed by atoms with Gasteiger partial charge >= 0.3 is 6.03 Å². The highest BCUT2D eigenvalue weighted by Crippen LogP contribution is 2.09. The topological polar surface area (TPSA) is 55.1 Å². The Balaban J connectivity index is 2.51. The molecule has 2 amide bonds. The van der Waals surface area contributed by atoms with E-state index in [2.05, 4.69) is 5.32 Å². The lowest BCUT2D eigenvalue weighted by molar-refractivity contribution is 0.249. The first kappa shape index (κ1) is 10.5. The maximum atomic E-state index is 12.9. The van der Waals surface area contributed by atoms with E-state index in [0.29, 0.717) is 18.5 Å². The summed E-state index contributed by atoms with van der Waals surface area (Å²) in [6.07, 6.45) is 0.657. The summed E-state index contributed by atoms with van der Waals surface area (Å²) >= 11 is 0. The third kappa shape index (κ3) is 3.05. The first-order valence-electron chi connectivity index (χ1n) is 4.38. The number of carbonyl (C=O) groups excluding carboxylic acids is 1. The van der Waals surface area contributed by atoms with Gasteiger partial charge in [-0.3, -0.25) is 0 Å². The van der Waals surface area contributed by atoms with Crippen LogP contribution in [0.3, 0.4) is 0 Å². The van der Waals surface area contributed by atoms with Crippen molar-refractivity contribution in [2.45, 2.75) is 13.3 Å². The van der Waals surface area contributed by atoms with Crippen LogP contribution >= 0.6 is 0 Å². The number of halogens is 1. The Labute approximate surface area is 82.1 Å². The van der Waals surface area contributed by atoms with Crippen LogP contribution in [0.2, 0.25) is 0 Å². The molecule has 1 aromatic rings. The summed E-state index contributed by atoms with van der Waals surface area (Å²) in [5, 5.41) is 2.47. The van der Waals surface area contributed by atoms with Crippen molar-refractivity contribution >= 4 is 6.03 Å². The molecule has 0 aliphatic heterocycles. The van der Waals surface area contributed by atoms with Crippen LogP contribution in [0.25, 0.3) is 0 Å². The van der Waals surface area contributed by atoms with Gasteiger partial charge < -0.3 is 11.1 Å². The van der Waals surface area contributed by atoms with E-state index in [-0.39, 0.29) is 5.82 Å². The molecule has 0 saturated carbocycles. The number of urea groups is 1. The van der Waals surface area contributed by atoms with Crippen molar-refractivity contribution in [3.05, 3.63) is 35.1 Å². The van der Waals surface area contributed by atoms with Gasteiger partial charge in [0.15, 0.2) is 0 Å². The van der Waals surface area contributed by atoms with Gasteiger partial charge in [-0.15, -0.1) is 0 Å². The molecule has 0 fully saturated rings. The van der Waals surface area contributed by atoms with Crippen LogP contribution in [-0.2, 0) is 6.42 Å². The average Bonchev–Trinajstić information content (AvgIpc) is 2.10. The summed E-state index contributed by atoms with van der Waals surface area (Å²) in [6, 6.07) is 4.35. The molecular weight excluding hydrogens is 183 g/mol. The average molecular weight is 196 g/mol. The largest absolute Gasteiger partial charge is 0.352 e. The number of hydrogen-bond donors (Lipinski definition) is 2. The highest BCUT2D eigenvalue weighted by Gasteiger charge is 1.99. The predicted molar refractivity (Wildman–Crippen MR) is 52.4 cm³/mol. The lowest BCUT2D eigenvalue weighted by Crippen LogP contribution is -2.30. The monoisotopic (exact) mass is 196 g/mol. The van der Waals surface area contributed by atoms with Crippen LogP contribution in [0, 0.1) is 12.7 Å². The van der Waals surface area contributed by atoms with E-state index in [1.54, 1.807) is 19.1 Å². The predicted octanol–water partition coefficient (Wildman–Crippen LogP) is 1.34. The molecule has 3 nitrogen and oxygen atoms in total. The quantitative estimate of drug-likeness (QED) is 0.753. The molecule has 0 atom stereocenters. The molecule has 0 aromatic heterocycles. The van der Waals surface area contributed by atoms with Crippen molar-refractivity contribution in [1.29, 1.82) is 0 Å². The lowest BCUT2D eigenvalue weighted by Gasteiger charge is -2.03. The van der Waals surface area contributed by atoms with Crippen LogP contribution in [0.4, 0.5) is 9.18 Å².